The first kappa shape index (κ1) is 16.4. The molecule has 0 saturated carbocycles. The van der Waals surface area contributed by atoms with Gasteiger partial charge >= 0.3 is 0 Å². The van der Waals surface area contributed by atoms with Crippen molar-refractivity contribution >= 4 is 5.91 Å². The van der Waals surface area contributed by atoms with Crippen LogP contribution in [-0.4, -0.2) is 56.7 Å². The van der Waals surface area contributed by atoms with Gasteiger partial charge in [-0.3, -0.25) is 9.69 Å². The third kappa shape index (κ3) is 4.28. The number of rotatable bonds is 5. The molecule has 1 amide bonds. The van der Waals surface area contributed by atoms with Crippen LogP contribution in [0.15, 0.2) is 24.3 Å². The highest BCUT2D eigenvalue weighted by Crippen LogP contribution is 2.22. The van der Waals surface area contributed by atoms with Crippen LogP contribution in [0, 0.1) is 11.7 Å². The van der Waals surface area contributed by atoms with Gasteiger partial charge < -0.3 is 15.4 Å². The van der Waals surface area contributed by atoms with E-state index < -0.39 is 0 Å². The zero-order chi connectivity index (χ0) is 16.1. The van der Waals surface area contributed by atoms with Crippen molar-refractivity contribution in [2.24, 2.45) is 5.92 Å². The lowest BCUT2D eigenvalue weighted by Crippen LogP contribution is -2.45. The van der Waals surface area contributed by atoms with Crippen molar-refractivity contribution < 1.29 is 13.9 Å². The molecule has 126 valence electrons. The summed E-state index contributed by atoms with van der Waals surface area (Å²) in [5.74, 6) is -0.107. The molecule has 0 bridgehead atoms. The van der Waals surface area contributed by atoms with E-state index in [0.29, 0.717) is 19.8 Å². The highest BCUT2D eigenvalue weighted by molar-refractivity contribution is 5.79. The first-order valence-electron chi connectivity index (χ1n) is 8.30. The molecule has 1 aromatic carbocycles. The van der Waals surface area contributed by atoms with Crippen LogP contribution in [0.3, 0.4) is 0 Å². The van der Waals surface area contributed by atoms with Crippen LogP contribution in [0.5, 0.6) is 0 Å². The fourth-order valence-corrected chi connectivity index (χ4v) is 3.28. The maximum Gasteiger partial charge on any atom is 0.224 e. The number of nitrogens with one attached hydrogen (secondary N) is 2. The van der Waals surface area contributed by atoms with Gasteiger partial charge in [0.1, 0.15) is 5.82 Å². The molecule has 6 heteroatoms. The first-order valence-corrected chi connectivity index (χ1v) is 8.30. The van der Waals surface area contributed by atoms with E-state index in [1.165, 1.54) is 6.07 Å². The molecule has 1 aromatic rings. The molecule has 0 aliphatic carbocycles. The number of hydrogen-bond acceptors (Lipinski definition) is 4. The minimum Gasteiger partial charge on any atom is -0.379 e. The lowest BCUT2D eigenvalue weighted by atomic mass is 10.0. The highest BCUT2D eigenvalue weighted by Gasteiger charge is 2.26. The zero-order valence-corrected chi connectivity index (χ0v) is 13.3. The number of carbonyl (C=O) groups is 1. The van der Waals surface area contributed by atoms with Gasteiger partial charge in [-0.05, 0) is 30.7 Å². The summed E-state index contributed by atoms with van der Waals surface area (Å²) >= 11 is 0. The third-order valence-electron chi connectivity index (χ3n) is 4.62. The zero-order valence-electron chi connectivity index (χ0n) is 13.3. The molecule has 2 N–H and O–H groups in total. The van der Waals surface area contributed by atoms with Gasteiger partial charge in [-0.2, -0.15) is 0 Å². The molecule has 23 heavy (non-hydrogen) atoms. The summed E-state index contributed by atoms with van der Waals surface area (Å²) in [6.45, 7) is 5.07. The van der Waals surface area contributed by atoms with E-state index in [-0.39, 0.29) is 23.7 Å². The average Bonchev–Trinajstić information content (AvgIpc) is 3.10. The van der Waals surface area contributed by atoms with Gasteiger partial charge in [0.2, 0.25) is 5.91 Å². The molecule has 0 aromatic heterocycles. The standard InChI is InChI=1S/C17H24FN3O2/c18-15-3-1-2-13(10-15)16(21-6-8-23-9-7-21)12-20-17(22)14-4-5-19-11-14/h1-3,10,14,16,19H,4-9,11-12H2,(H,20,22). The van der Waals surface area contributed by atoms with Crippen LogP contribution in [0.2, 0.25) is 0 Å². The van der Waals surface area contributed by atoms with E-state index in [0.717, 1.165) is 38.2 Å². The van der Waals surface area contributed by atoms with Crippen LogP contribution in [-0.2, 0) is 9.53 Å². The Hall–Kier alpha value is -1.50. The maximum absolute atomic E-state index is 13.6. The SMILES string of the molecule is O=C(NCC(c1cccc(F)c1)N1CCOCC1)C1CCNC1. The normalized spacial score (nSPS) is 23.6. The molecule has 2 heterocycles. The Kier molecular flexibility index (Phi) is 5.59. The highest BCUT2D eigenvalue weighted by atomic mass is 19.1. The third-order valence-corrected chi connectivity index (χ3v) is 4.62. The molecule has 0 radical (unpaired) electrons. The summed E-state index contributed by atoms with van der Waals surface area (Å²) in [5, 5.41) is 6.26. The Morgan fingerprint density at radius 1 is 1.43 bits per heavy atom. The second-order valence-corrected chi connectivity index (χ2v) is 6.15. The molecule has 2 fully saturated rings. The molecule has 3 rings (SSSR count). The van der Waals surface area contributed by atoms with Gasteiger partial charge in [-0.15, -0.1) is 0 Å². The average molecular weight is 321 g/mol. The quantitative estimate of drug-likeness (QED) is 0.847. The number of benzene rings is 1. The van der Waals surface area contributed by atoms with Crippen LogP contribution in [0.1, 0.15) is 18.0 Å². The minimum atomic E-state index is -0.243. The Morgan fingerprint density at radius 2 is 2.26 bits per heavy atom. The van der Waals surface area contributed by atoms with Crippen LogP contribution in [0.4, 0.5) is 4.39 Å². The fraction of sp³-hybridized carbons (Fsp3) is 0.588. The van der Waals surface area contributed by atoms with E-state index in [1.54, 1.807) is 12.1 Å². The monoisotopic (exact) mass is 321 g/mol. The lowest BCUT2D eigenvalue weighted by Gasteiger charge is -2.35. The van der Waals surface area contributed by atoms with E-state index in [4.69, 9.17) is 4.74 Å². The first-order chi connectivity index (χ1) is 11.2. The van der Waals surface area contributed by atoms with Gasteiger partial charge in [0.25, 0.3) is 0 Å². The van der Waals surface area contributed by atoms with E-state index in [2.05, 4.69) is 15.5 Å². The number of nitrogens with zero attached hydrogens (tertiary/aromatic N) is 1. The molecule has 2 saturated heterocycles. The van der Waals surface area contributed by atoms with Gasteiger partial charge in [0.15, 0.2) is 0 Å². The molecular weight excluding hydrogens is 297 g/mol. The van der Waals surface area contributed by atoms with Crippen LogP contribution < -0.4 is 10.6 Å². The largest absolute Gasteiger partial charge is 0.379 e. The molecule has 2 aliphatic rings. The summed E-state index contributed by atoms with van der Waals surface area (Å²) in [4.78, 5) is 14.5. The van der Waals surface area contributed by atoms with Crippen molar-refractivity contribution in [3.05, 3.63) is 35.6 Å². The Balaban J connectivity index is 1.68. The summed E-state index contributed by atoms with van der Waals surface area (Å²) in [5.41, 5.74) is 0.900. The Morgan fingerprint density at radius 3 is 2.96 bits per heavy atom. The van der Waals surface area contributed by atoms with Crippen LogP contribution in [0.25, 0.3) is 0 Å². The van der Waals surface area contributed by atoms with Crippen molar-refractivity contribution in [2.75, 3.05) is 45.9 Å². The van der Waals surface area contributed by atoms with E-state index >= 15 is 0 Å². The van der Waals surface area contributed by atoms with Crippen LogP contribution >= 0.6 is 0 Å². The molecule has 5 nitrogen and oxygen atoms in total. The Bertz CT molecular complexity index is 528. The van der Waals surface area contributed by atoms with E-state index in [9.17, 15) is 9.18 Å². The predicted octanol–water partition coefficient (Wildman–Crippen LogP) is 0.925. The second kappa shape index (κ2) is 7.86. The molecule has 0 spiro atoms. The van der Waals surface area contributed by atoms with E-state index in [1.807, 2.05) is 6.07 Å². The molecular formula is C17H24FN3O2. The second-order valence-electron chi connectivity index (χ2n) is 6.15. The number of halogens is 1. The molecule has 2 unspecified atom stereocenters. The number of hydrogen-bond donors (Lipinski definition) is 2. The smallest absolute Gasteiger partial charge is 0.224 e. The van der Waals surface area contributed by atoms with Gasteiger partial charge in [0.05, 0.1) is 25.2 Å². The number of carbonyl (C=O) groups excluding carboxylic acids is 1. The number of ether oxygens (including phenoxy) is 1. The predicted molar refractivity (Wildman–Crippen MR) is 85.5 cm³/mol. The fourth-order valence-electron chi connectivity index (χ4n) is 3.28. The lowest BCUT2D eigenvalue weighted by molar-refractivity contribution is -0.124. The van der Waals surface area contributed by atoms with Crippen molar-refractivity contribution in [3.8, 4) is 0 Å². The van der Waals surface area contributed by atoms with Gasteiger partial charge in [0, 0.05) is 26.2 Å². The summed E-state index contributed by atoms with van der Waals surface area (Å²) in [6, 6.07) is 6.63. The summed E-state index contributed by atoms with van der Waals surface area (Å²) < 4.78 is 19.0. The number of morpholine rings is 1. The summed E-state index contributed by atoms with van der Waals surface area (Å²) in [6.07, 6.45) is 0.883. The van der Waals surface area contributed by atoms with Gasteiger partial charge in [-0.25, -0.2) is 4.39 Å². The topological polar surface area (TPSA) is 53.6 Å². The van der Waals surface area contributed by atoms with Crippen molar-refractivity contribution in [2.45, 2.75) is 12.5 Å². The summed E-state index contributed by atoms with van der Waals surface area (Å²) in [7, 11) is 0. The number of amides is 1. The molecule has 2 aliphatic heterocycles. The van der Waals surface area contributed by atoms with Crippen molar-refractivity contribution in [3.63, 3.8) is 0 Å². The molecule has 2 atom stereocenters. The minimum absolute atomic E-state index is 0.0205. The maximum atomic E-state index is 13.6. The Labute approximate surface area is 136 Å². The van der Waals surface area contributed by atoms with Crippen molar-refractivity contribution in [1.82, 2.24) is 15.5 Å². The van der Waals surface area contributed by atoms with Gasteiger partial charge in [-0.1, -0.05) is 12.1 Å². The van der Waals surface area contributed by atoms with Crippen molar-refractivity contribution in [1.29, 1.82) is 0 Å².